The number of halogens is 1. The zero-order valence-electron chi connectivity index (χ0n) is 14.3. The molecule has 0 aliphatic rings. The molecule has 132 valence electrons. The molecule has 0 fully saturated rings. The third-order valence-electron chi connectivity index (χ3n) is 3.67. The number of benzene rings is 2. The van der Waals surface area contributed by atoms with Gasteiger partial charge in [0.1, 0.15) is 11.8 Å². The summed E-state index contributed by atoms with van der Waals surface area (Å²) in [4.78, 5) is 4.26. The van der Waals surface area contributed by atoms with E-state index in [0.717, 1.165) is 23.3 Å². The van der Waals surface area contributed by atoms with Crippen molar-refractivity contribution in [2.24, 2.45) is 0 Å². The average Bonchev–Trinajstić information content (AvgIpc) is 3.09. The predicted molar refractivity (Wildman–Crippen MR) is 101 cm³/mol. The standard InChI is InChI=1S/C20H18ClN3O2/c1-2-11-25-17-9-5-15(6-10-17)19-24-18(12-22)20(26-19)23-13-14-3-7-16(21)8-4-14/h3-10,23H,2,11,13H2,1H3. The summed E-state index contributed by atoms with van der Waals surface area (Å²) >= 11 is 5.89. The highest BCUT2D eigenvalue weighted by Crippen LogP contribution is 2.27. The van der Waals surface area contributed by atoms with Crippen molar-refractivity contribution >= 4 is 17.5 Å². The van der Waals surface area contributed by atoms with Crippen LogP contribution in [0.4, 0.5) is 5.88 Å². The molecule has 1 heterocycles. The summed E-state index contributed by atoms with van der Waals surface area (Å²) < 4.78 is 11.3. The maximum Gasteiger partial charge on any atom is 0.232 e. The van der Waals surface area contributed by atoms with Gasteiger partial charge in [0.05, 0.1) is 6.61 Å². The molecule has 0 saturated heterocycles. The summed E-state index contributed by atoms with van der Waals surface area (Å²) in [6.45, 7) is 3.24. The average molecular weight is 368 g/mol. The molecule has 0 aliphatic carbocycles. The van der Waals surface area contributed by atoms with Gasteiger partial charge in [0, 0.05) is 17.1 Å². The molecule has 0 aliphatic heterocycles. The molecule has 1 aromatic heterocycles. The summed E-state index contributed by atoms with van der Waals surface area (Å²) in [5, 5.41) is 13.1. The highest BCUT2D eigenvalue weighted by Gasteiger charge is 2.14. The highest BCUT2D eigenvalue weighted by molar-refractivity contribution is 6.30. The van der Waals surface area contributed by atoms with Crippen molar-refractivity contribution in [2.75, 3.05) is 11.9 Å². The van der Waals surface area contributed by atoms with E-state index in [1.54, 1.807) is 0 Å². The number of hydrogen-bond donors (Lipinski definition) is 1. The van der Waals surface area contributed by atoms with Gasteiger partial charge in [-0.15, -0.1) is 0 Å². The summed E-state index contributed by atoms with van der Waals surface area (Å²) in [5.74, 6) is 1.54. The largest absolute Gasteiger partial charge is 0.494 e. The van der Waals surface area contributed by atoms with Crippen molar-refractivity contribution in [2.45, 2.75) is 19.9 Å². The molecule has 0 radical (unpaired) electrons. The maximum absolute atomic E-state index is 9.30. The number of anilines is 1. The van der Waals surface area contributed by atoms with E-state index in [4.69, 9.17) is 20.8 Å². The lowest BCUT2D eigenvalue weighted by Crippen LogP contribution is -1.99. The first kappa shape index (κ1) is 17.8. The van der Waals surface area contributed by atoms with E-state index in [-0.39, 0.29) is 5.69 Å². The first-order valence-electron chi connectivity index (χ1n) is 8.32. The van der Waals surface area contributed by atoms with Crippen molar-refractivity contribution < 1.29 is 9.15 Å². The Bertz CT molecular complexity index is 896. The maximum atomic E-state index is 9.30. The summed E-state index contributed by atoms with van der Waals surface area (Å²) in [6, 6.07) is 17.0. The Morgan fingerprint density at radius 2 is 1.88 bits per heavy atom. The lowest BCUT2D eigenvalue weighted by Gasteiger charge is -2.04. The number of oxazole rings is 1. The Morgan fingerprint density at radius 1 is 1.15 bits per heavy atom. The van der Waals surface area contributed by atoms with Gasteiger partial charge in [0.2, 0.25) is 17.5 Å². The van der Waals surface area contributed by atoms with Gasteiger partial charge in [0.15, 0.2) is 0 Å². The fourth-order valence-corrected chi connectivity index (χ4v) is 2.46. The molecule has 3 rings (SSSR count). The van der Waals surface area contributed by atoms with Crippen molar-refractivity contribution in [3.05, 3.63) is 64.8 Å². The number of aromatic nitrogens is 1. The second kappa shape index (κ2) is 8.41. The Kier molecular flexibility index (Phi) is 5.77. The summed E-state index contributed by atoms with van der Waals surface area (Å²) in [5.41, 5.74) is 2.03. The van der Waals surface area contributed by atoms with Crippen molar-refractivity contribution in [3.8, 4) is 23.3 Å². The van der Waals surface area contributed by atoms with Crippen LogP contribution in [0.3, 0.4) is 0 Å². The summed E-state index contributed by atoms with van der Waals surface area (Å²) in [6.07, 6.45) is 0.954. The van der Waals surface area contributed by atoms with Gasteiger partial charge in [-0.3, -0.25) is 0 Å². The molecule has 0 saturated carbocycles. The second-order valence-corrected chi connectivity index (χ2v) is 6.10. The molecule has 6 heteroatoms. The van der Waals surface area contributed by atoms with E-state index < -0.39 is 0 Å². The molecule has 0 amide bonds. The van der Waals surface area contributed by atoms with Crippen molar-refractivity contribution in [1.29, 1.82) is 5.26 Å². The van der Waals surface area contributed by atoms with E-state index in [1.165, 1.54) is 0 Å². The minimum atomic E-state index is 0.222. The number of rotatable bonds is 7. The van der Waals surface area contributed by atoms with E-state index in [0.29, 0.717) is 29.9 Å². The topological polar surface area (TPSA) is 71.1 Å². The van der Waals surface area contributed by atoms with Crippen LogP contribution >= 0.6 is 11.6 Å². The van der Waals surface area contributed by atoms with Gasteiger partial charge in [-0.1, -0.05) is 30.7 Å². The van der Waals surface area contributed by atoms with Crippen LogP contribution in [0.15, 0.2) is 52.9 Å². The van der Waals surface area contributed by atoms with Crippen LogP contribution in [0.25, 0.3) is 11.5 Å². The summed E-state index contributed by atoms with van der Waals surface area (Å²) in [7, 11) is 0. The van der Waals surface area contributed by atoms with Crippen LogP contribution in [-0.2, 0) is 6.54 Å². The Hall–Kier alpha value is -2.97. The zero-order chi connectivity index (χ0) is 18.4. The van der Waals surface area contributed by atoms with Gasteiger partial charge in [-0.25, -0.2) is 0 Å². The fourth-order valence-electron chi connectivity index (χ4n) is 2.34. The lowest BCUT2D eigenvalue weighted by molar-refractivity contribution is 0.317. The first-order valence-corrected chi connectivity index (χ1v) is 8.70. The molecule has 0 unspecified atom stereocenters. The Labute approximate surface area is 157 Å². The SMILES string of the molecule is CCCOc1ccc(-c2nc(C#N)c(NCc3ccc(Cl)cc3)o2)cc1. The third kappa shape index (κ3) is 4.35. The number of ether oxygens (including phenoxy) is 1. The molecular weight excluding hydrogens is 350 g/mol. The predicted octanol–water partition coefficient (Wildman–Crippen LogP) is 5.27. The van der Waals surface area contributed by atoms with Crippen LogP contribution in [0, 0.1) is 11.3 Å². The van der Waals surface area contributed by atoms with Gasteiger partial charge in [0.25, 0.3) is 0 Å². The number of nitriles is 1. The van der Waals surface area contributed by atoms with Crippen LogP contribution in [0.5, 0.6) is 5.75 Å². The van der Waals surface area contributed by atoms with E-state index in [2.05, 4.69) is 23.3 Å². The van der Waals surface area contributed by atoms with Crippen LogP contribution in [-0.4, -0.2) is 11.6 Å². The molecule has 0 bridgehead atoms. The number of nitrogens with one attached hydrogen (secondary N) is 1. The molecule has 3 aromatic rings. The molecular formula is C20H18ClN3O2. The van der Waals surface area contributed by atoms with Crippen LogP contribution in [0.1, 0.15) is 24.6 Å². The van der Waals surface area contributed by atoms with E-state index in [1.807, 2.05) is 48.5 Å². The van der Waals surface area contributed by atoms with Crippen molar-refractivity contribution in [1.82, 2.24) is 4.98 Å². The molecule has 2 aromatic carbocycles. The monoisotopic (exact) mass is 367 g/mol. The van der Waals surface area contributed by atoms with E-state index >= 15 is 0 Å². The smallest absolute Gasteiger partial charge is 0.232 e. The fraction of sp³-hybridized carbons (Fsp3) is 0.200. The molecule has 5 nitrogen and oxygen atoms in total. The van der Waals surface area contributed by atoms with Gasteiger partial charge in [-0.05, 0) is 48.4 Å². The first-order chi connectivity index (χ1) is 12.7. The molecule has 26 heavy (non-hydrogen) atoms. The van der Waals surface area contributed by atoms with Crippen LogP contribution in [0.2, 0.25) is 5.02 Å². The van der Waals surface area contributed by atoms with Crippen molar-refractivity contribution in [3.63, 3.8) is 0 Å². The Balaban J connectivity index is 1.73. The van der Waals surface area contributed by atoms with Gasteiger partial charge >= 0.3 is 0 Å². The van der Waals surface area contributed by atoms with E-state index in [9.17, 15) is 5.26 Å². The minimum Gasteiger partial charge on any atom is -0.494 e. The second-order valence-electron chi connectivity index (χ2n) is 5.66. The lowest BCUT2D eigenvalue weighted by atomic mass is 10.2. The number of hydrogen-bond acceptors (Lipinski definition) is 5. The third-order valence-corrected chi connectivity index (χ3v) is 3.93. The molecule has 0 atom stereocenters. The quantitative estimate of drug-likeness (QED) is 0.616. The highest BCUT2D eigenvalue weighted by atomic mass is 35.5. The Morgan fingerprint density at radius 3 is 2.54 bits per heavy atom. The number of nitrogens with zero attached hydrogens (tertiary/aromatic N) is 2. The molecule has 1 N–H and O–H groups in total. The van der Waals surface area contributed by atoms with Gasteiger partial charge in [-0.2, -0.15) is 10.2 Å². The zero-order valence-corrected chi connectivity index (χ0v) is 15.1. The normalized spacial score (nSPS) is 10.3. The van der Waals surface area contributed by atoms with Gasteiger partial charge < -0.3 is 14.5 Å². The van der Waals surface area contributed by atoms with Crippen LogP contribution < -0.4 is 10.1 Å². The molecule has 0 spiro atoms. The minimum absolute atomic E-state index is 0.222.